The average molecular weight is 182 g/mol. The van der Waals surface area contributed by atoms with Crippen molar-refractivity contribution in [3.63, 3.8) is 0 Å². The highest BCUT2D eigenvalue weighted by Crippen LogP contribution is 2.02. The monoisotopic (exact) mass is 182 g/mol. The highest BCUT2D eigenvalue weighted by Gasteiger charge is 2.02. The first-order valence-electron chi connectivity index (χ1n) is 4.23. The topological polar surface area (TPSA) is 51.2 Å². The molecule has 0 aliphatic rings. The SMILES string of the molecule is CC(=O)/C=C/C(=O)CCC(C)C=O. The maximum atomic E-state index is 11.0. The predicted molar refractivity (Wildman–Crippen MR) is 49.3 cm³/mol. The first-order chi connectivity index (χ1) is 6.06. The summed E-state index contributed by atoms with van der Waals surface area (Å²) in [5, 5.41) is 0. The lowest BCUT2D eigenvalue weighted by atomic mass is 10.1. The fraction of sp³-hybridized carbons (Fsp3) is 0.500. The van der Waals surface area contributed by atoms with E-state index in [2.05, 4.69) is 0 Å². The van der Waals surface area contributed by atoms with Crippen LogP contribution in [0.4, 0.5) is 0 Å². The molecule has 0 saturated heterocycles. The lowest BCUT2D eigenvalue weighted by molar-refractivity contribution is -0.116. The van der Waals surface area contributed by atoms with Gasteiger partial charge in [0.15, 0.2) is 11.6 Å². The van der Waals surface area contributed by atoms with E-state index in [4.69, 9.17) is 0 Å². The largest absolute Gasteiger partial charge is 0.303 e. The first kappa shape index (κ1) is 11.8. The zero-order valence-electron chi connectivity index (χ0n) is 7.95. The Morgan fingerprint density at radius 2 is 1.92 bits per heavy atom. The molecular weight excluding hydrogens is 168 g/mol. The second kappa shape index (κ2) is 6.29. The molecule has 0 aromatic rings. The molecule has 1 atom stereocenters. The van der Waals surface area contributed by atoms with Crippen LogP contribution in [0.5, 0.6) is 0 Å². The van der Waals surface area contributed by atoms with Gasteiger partial charge in [-0.15, -0.1) is 0 Å². The van der Waals surface area contributed by atoms with E-state index in [-0.39, 0.29) is 17.5 Å². The van der Waals surface area contributed by atoms with Crippen molar-refractivity contribution in [3.05, 3.63) is 12.2 Å². The third-order valence-corrected chi connectivity index (χ3v) is 1.58. The van der Waals surface area contributed by atoms with Gasteiger partial charge in [-0.05, 0) is 25.5 Å². The smallest absolute Gasteiger partial charge is 0.155 e. The van der Waals surface area contributed by atoms with Gasteiger partial charge in [0.1, 0.15) is 6.29 Å². The standard InChI is InChI=1S/C10H14O3/c1-8(7-11)3-5-10(13)6-4-9(2)12/h4,6-8H,3,5H2,1-2H3/b6-4+. The summed E-state index contributed by atoms with van der Waals surface area (Å²) < 4.78 is 0. The second-order valence-electron chi connectivity index (χ2n) is 3.06. The molecule has 3 heteroatoms. The molecule has 0 aromatic carbocycles. The zero-order chi connectivity index (χ0) is 10.3. The summed E-state index contributed by atoms with van der Waals surface area (Å²) in [4.78, 5) is 31.7. The molecule has 0 bridgehead atoms. The van der Waals surface area contributed by atoms with E-state index in [0.29, 0.717) is 12.8 Å². The number of carbonyl (C=O) groups is 3. The van der Waals surface area contributed by atoms with Gasteiger partial charge in [0.25, 0.3) is 0 Å². The van der Waals surface area contributed by atoms with Crippen LogP contribution in [-0.2, 0) is 14.4 Å². The molecule has 0 saturated carbocycles. The second-order valence-corrected chi connectivity index (χ2v) is 3.06. The van der Waals surface area contributed by atoms with Crippen LogP contribution in [0.25, 0.3) is 0 Å². The fourth-order valence-corrected chi connectivity index (χ4v) is 0.732. The van der Waals surface area contributed by atoms with Crippen molar-refractivity contribution in [1.82, 2.24) is 0 Å². The average Bonchev–Trinajstić information content (AvgIpc) is 2.10. The summed E-state index contributed by atoms with van der Waals surface area (Å²) in [6, 6.07) is 0. The van der Waals surface area contributed by atoms with Crippen molar-refractivity contribution in [2.45, 2.75) is 26.7 Å². The van der Waals surface area contributed by atoms with E-state index in [0.717, 1.165) is 6.29 Å². The van der Waals surface area contributed by atoms with Crippen molar-refractivity contribution in [3.8, 4) is 0 Å². The summed E-state index contributed by atoms with van der Waals surface area (Å²) in [6.45, 7) is 3.15. The van der Waals surface area contributed by atoms with Crippen LogP contribution in [0.1, 0.15) is 26.7 Å². The molecule has 0 aliphatic heterocycles. The van der Waals surface area contributed by atoms with Crippen molar-refractivity contribution in [2.24, 2.45) is 5.92 Å². The van der Waals surface area contributed by atoms with E-state index in [1.165, 1.54) is 19.1 Å². The van der Waals surface area contributed by atoms with Gasteiger partial charge in [-0.2, -0.15) is 0 Å². The van der Waals surface area contributed by atoms with E-state index >= 15 is 0 Å². The molecule has 0 heterocycles. The molecule has 0 spiro atoms. The van der Waals surface area contributed by atoms with Crippen LogP contribution < -0.4 is 0 Å². The van der Waals surface area contributed by atoms with Crippen LogP contribution >= 0.6 is 0 Å². The first-order valence-corrected chi connectivity index (χ1v) is 4.23. The van der Waals surface area contributed by atoms with Crippen LogP contribution in [-0.4, -0.2) is 17.9 Å². The lowest BCUT2D eigenvalue weighted by Crippen LogP contribution is -2.01. The molecule has 1 unspecified atom stereocenters. The lowest BCUT2D eigenvalue weighted by Gasteiger charge is -1.98. The van der Waals surface area contributed by atoms with Crippen molar-refractivity contribution < 1.29 is 14.4 Å². The number of ketones is 2. The van der Waals surface area contributed by atoms with Crippen LogP contribution in [0.2, 0.25) is 0 Å². The third-order valence-electron chi connectivity index (χ3n) is 1.58. The summed E-state index contributed by atoms with van der Waals surface area (Å²) >= 11 is 0. The van der Waals surface area contributed by atoms with Crippen LogP contribution in [0.15, 0.2) is 12.2 Å². The van der Waals surface area contributed by atoms with Crippen LogP contribution in [0.3, 0.4) is 0 Å². The molecule has 0 fully saturated rings. The highest BCUT2D eigenvalue weighted by molar-refractivity contribution is 5.97. The summed E-state index contributed by atoms with van der Waals surface area (Å²) in [5.74, 6) is -0.338. The number of rotatable bonds is 6. The summed E-state index contributed by atoms with van der Waals surface area (Å²) in [7, 11) is 0. The van der Waals surface area contributed by atoms with Crippen molar-refractivity contribution in [2.75, 3.05) is 0 Å². The minimum Gasteiger partial charge on any atom is -0.303 e. The minimum absolute atomic E-state index is 0.0883. The number of hydrogen-bond donors (Lipinski definition) is 0. The maximum Gasteiger partial charge on any atom is 0.155 e. The maximum absolute atomic E-state index is 11.0. The molecule has 0 rings (SSSR count). The van der Waals surface area contributed by atoms with Gasteiger partial charge in [-0.25, -0.2) is 0 Å². The molecule has 0 aliphatic carbocycles. The quantitative estimate of drug-likeness (QED) is 0.459. The Kier molecular flexibility index (Phi) is 5.68. The van der Waals surface area contributed by atoms with Gasteiger partial charge in [0.05, 0.1) is 0 Å². The van der Waals surface area contributed by atoms with E-state index in [1.54, 1.807) is 6.92 Å². The molecular formula is C10H14O3. The molecule has 3 nitrogen and oxygen atoms in total. The van der Waals surface area contributed by atoms with Crippen molar-refractivity contribution in [1.29, 1.82) is 0 Å². The summed E-state index contributed by atoms with van der Waals surface area (Å²) in [6.07, 6.45) is 4.20. The zero-order valence-corrected chi connectivity index (χ0v) is 7.95. The number of allylic oxidation sites excluding steroid dienone is 2. The minimum atomic E-state index is -0.142. The van der Waals surface area contributed by atoms with Crippen molar-refractivity contribution >= 4 is 17.9 Å². The molecule has 72 valence electrons. The Labute approximate surface area is 77.8 Å². The third kappa shape index (κ3) is 7.12. The summed E-state index contributed by atoms with van der Waals surface area (Å²) in [5.41, 5.74) is 0. The number of aldehydes is 1. The Morgan fingerprint density at radius 1 is 1.31 bits per heavy atom. The van der Waals surface area contributed by atoms with E-state index in [9.17, 15) is 14.4 Å². The van der Waals surface area contributed by atoms with Crippen LogP contribution in [0, 0.1) is 5.92 Å². The van der Waals surface area contributed by atoms with Gasteiger partial charge in [0.2, 0.25) is 0 Å². The molecule has 0 N–H and O–H groups in total. The van der Waals surface area contributed by atoms with Gasteiger partial charge in [0, 0.05) is 12.3 Å². The molecule has 0 aromatic heterocycles. The Morgan fingerprint density at radius 3 is 2.38 bits per heavy atom. The Balaban J connectivity index is 3.75. The highest BCUT2D eigenvalue weighted by atomic mass is 16.1. The predicted octanol–water partition coefficient (Wildman–Crippen LogP) is 1.32. The van der Waals surface area contributed by atoms with Gasteiger partial charge in [-0.1, -0.05) is 6.92 Å². The Bertz CT molecular complexity index is 228. The Hall–Kier alpha value is -1.25. The van der Waals surface area contributed by atoms with Gasteiger partial charge < -0.3 is 4.79 Å². The normalized spacial score (nSPS) is 12.8. The molecule has 0 amide bonds. The van der Waals surface area contributed by atoms with E-state index in [1.807, 2.05) is 0 Å². The fourth-order valence-electron chi connectivity index (χ4n) is 0.732. The molecule has 0 radical (unpaired) electrons. The number of hydrogen-bond acceptors (Lipinski definition) is 3. The van der Waals surface area contributed by atoms with Gasteiger partial charge in [-0.3, -0.25) is 9.59 Å². The number of carbonyl (C=O) groups excluding carboxylic acids is 3. The molecule has 13 heavy (non-hydrogen) atoms. The van der Waals surface area contributed by atoms with E-state index < -0.39 is 0 Å². The van der Waals surface area contributed by atoms with Gasteiger partial charge >= 0.3 is 0 Å².